The van der Waals surface area contributed by atoms with Crippen molar-refractivity contribution in [2.24, 2.45) is 0 Å². The van der Waals surface area contributed by atoms with E-state index in [4.69, 9.17) is 13.3 Å². The van der Waals surface area contributed by atoms with Gasteiger partial charge in [0, 0.05) is 27.9 Å². The molecule has 1 aromatic rings. The molecule has 0 radical (unpaired) electrons. The second-order valence-electron chi connectivity index (χ2n) is 3.01. The number of benzene rings is 1. The van der Waals surface area contributed by atoms with Crippen LogP contribution in [-0.4, -0.2) is 37.9 Å². The van der Waals surface area contributed by atoms with Crippen LogP contribution in [0.2, 0.25) is 0 Å². The van der Waals surface area contributed by atoms with Crippen LogP contribution in [0.15, 0.2) is 30.3 Å². The van der Waals surface area contributed by atoms with Crippen molar-refractivity contribution >= 4 is 9.53 Å². The van der Waals surface area contributed by atoms with E-state index in [0.29, 0.717) is 0 Å². The Bertz CT molecular complexity index is 237. The number of rotatable bonds is 5. The van der Waals surface area contributed by atoms with Gasteiger partial charge in [-0.3, -0.25) is 0 Å². The zero-order valence-electron chi connectivity index (χ0n) is 10.4. The lowest BCUT2D eigenvalue weighted by Crippen LogP contribution is -2.21. The van der Waals surface area contributed by atoms with E-state index in [-0.39, 0.29) is 0 Å². The Kier molecular flexibility index (Phi) is 10.3. The van der Waals surface area contributed by atoms with E-state index in [1.807, 2.05) is 25.2 Å². The molecule has 0 aliphatic rings. The van der Waals surface area contributed by atoms with E-state index in [0.717, 1.165) is 6.54 Å². The van der Waals surface area contributed by atoms with Gasteiger partial charge >= 0.3 is 9.53 Å². The van der Waals surface area contributed by atoms with Crippen molar-refractivity contribution in [1.29, 1.82) is 0 Å². The fourth-order valence-electron chi connectivity index (χ4n) is 1.09. The summed E-state index contributed by atoms with van der Waals surface area (Å²) in [6.45, 7) is 0.959. The minimum absolute atomic E-state index is 0.959. The topological polar surface area (TPSA) is 39.7 Å². The smallest absolute Gasteiger partial charge is 0.379 e. The summed E-state index contributed by atoms with van der Waals surface area (Å²) in [4.78, 5) is 0. The molecule has 0 aliphatic carbocycles. The van der Waals surface area contributed by atoms with Crippen LogP contribution >= 0.6 is 0 Å². The molecule has 0 unspecified atom stereocenters. The summed E-state index contributed by atoms with van der Waals surface area (Å²) in [5, 5.41) is 3.08. The highest BCUT2D eigenvalue weighted by Gasteiger charge is 2.04. The predicted octanol–water partition coefficient (Wildman–Crippen LogP) is 1.05. The van der Waals surface area contributed by atoms with Gasteiger partial charge in [0.15, 0.2) is 0 Å². The molecule has 0 fully saturated rings. The van der Waals surface area contributed by atoms with Crippen LogP contribution in [0.4, 0.5) is 0 Å². The molecule has 0 aromatic heterocycles. The molecule has 0 saturated heterocycles. The molecular formula is C11H21NO3Si. The normalized spacial score (nSPS) is 9.81. The first-order chi connectivity index (χ1) is 7.78. The predicted molar refractivity (Wildman–Crippen MR) is 67.4 cm³/mol. The van der Waals surface area contributed by atoms with Crippen LogP contribution in [-0.2, 0) is 19.8 Å². The van der Waals surface area contributed by atoms with Gasteiger partial charge in [-0.2, -0.15) is 0 Å². The number of hydrogen-bond acceptors (Lipinski definition) is 4. The molecule has 0 bridgehead atoms. The first-order valence-corrected chi connectivity index (χ1v) is 6.46. The lowest BCUT2D eigenvalue weighted by Gasteiger charge is -2.05. The van der Waals surface area contributed by atoms with Crippen molar-refractivity contribution in [2.75, 3.05) is 28.4 Å². The van der Waals surface area contributed by atoms with Gasteiger partial charge in [-0.25, -0.2) is 0 Å². The Balaban J connectivity index is 0.000000293. The van der Waals surface area contributed by atoms with Gasteiger partial charge < -0.3 is 18.6 Å². The van der Waals surface area contributed by atoms with Crippen LogP contribution in [0.1, 0.15) is 5.56 Å². The highest BCUT2D eigenvalue weighted by atomic mass is 28.3. The molecular weight excluding hydrogens is 222 g/mol. The summed E-state index contributed by atoms with van der Waals surface area (Å²) in [6, 6.07) is 10.3. The maximum Gasteiger partial charge on any atom is 0.483 e. The fourth-order valence-corrected chi connectivity index (χ4v) is 1.67. The first-order valence-electron chi connectivity index (χ1n) is 5.05. The lowest BCUT2D eigenvalue weighted by molar-refractivity contribution is 0.163. The van der Waals surface area contributed by atoms with Crippen molar-refractivity contribution in [1.82, 2.24) is 5.32 Å². The molecule has 0 aliphatic heterocycles. The largest absolute Gasteiger partial charge is 0.483 e. The third kappa shape index (κ3) is 7.55. The first kappa shape index (κ1) is 15.3. The van der Waals surface area contributed by atoms with E-state index < -0.39 is 9.53 Å². The molecule has 92 valence electrons. The molecule has 5 heteroatoms. The molecule has 0 atom stereocenters. The number of nitrogens with one attached hydrogen (secondary N) is 1. The van der Waals surface area contributed by atoms with Gasteiger partial charge in [0.05, 0.1) is 0 Å². The Hall–Kier alpha value is -0.723. The average Bonchev–Trinajstić information content (AvgIpc) is 2.34. The van der Waals surface area contributed by atoms with E-state index in [1.54, 1.807) is 21.3 Å². The second-order valence-corrected chi connectivity index (χ2v) is 5.00. The van der Waals surface area contributed by atoms with Gasteiger partial charge in [-0.15, -0.1) is 0 Å². The second kappa shape index (κ2) is 10.8. The molecule has 0 saturated carbocycles. The van der Waals surface area contributed by atoms with Gasteiger partial charge in [0.25, 0.3) is 0 Å². The third-order valence-electron chi connectivity index (χ3n) is 1.80. The summed E-state index contributed by atoms with van der Waals surface area (Å²) >= 11 is 0. The zero-order chi connectivity index (χ0) is 12.2. The number of hydrogen-bond donors (Lipinski definition) is 1. The summed E-state index contributed by atoms with van der Waals surface area (Å²) in [5.41, 5.74) is 1.33. The molecule has 1 rings (SSSR count). The van der Waals surface area contributed by atoms with Gasteiger partial charge in [-0.05, 0) is 12.6 Å². The SMILES string of the molecule is CNCc1ccccc1.CO[SiH](OC)OC. The monoisotopic (exact) mass is 243 g/mol. The van der Waals surface area contributed by atoms with Crippen LogP contribution < -0.4 is 5.32 Å². The third-order valence-corrected chi connectivity index (χ3v) is 2.96. The van der Waals surface area contributed by atoms with Crippen molar-refractivity contribution < 1.29 is 13.3 Å². The highest BCUT2D eigenvalue weighted by Crippen LogP contribution is 1.95. The molecule has 0 heterocycles. The van der Waals surface area contributed by atoms with Crippen LogP contribution in [0, 0.1) is 0 Å². The summed E-state index contributed by atoms with van der Waals surface area (Å²) in [6.07, 6.45) is 0. The minimum atomic E-state index is -1.67. The maximum atomic E-state index is 4.74. The molecule has 1 aromatic carbocycles. The van der Waals surface area contributed by atoms with Crippen LogP contribution in [0.5, 0.6) is 0 Å². The molecule has 0 amide bonds. The Morgan fingerprint density at radius 1 is 1.00 bits per heavy atom. The minimum Gasteiger partial charge on any atom is -0.379 e. The molecule has 16 heavy (non-hydrogen) atoms. The van der Waals surface area contributed by atoms with E-state index in [9.17, 15) is 0 Å². The van der Waals surface area contributed by atoms with E-state index >= 15 is 0 Å². The quantitative estimate of drug-likeness (QED) is 0.785. The summed E-state index contributed by atoms with van der Waals surface area (Å²) < 4.78 is 14.2. The lowest BCUT2D eigenvalue weighted by atomic mass is 10.2. The maximum absolute atomic E-state index is 4.74. The van der Waals surface area contributed by atoms with Crippen LogP contribution in [0.25, 0.3) is 0 Å². The van der Waals surface area contributed by atoms with Crippen molar-refractivity contribution in [2.45, 2.75) is 6.54 Å². The van der Waals surface area contributed by atoms with Crippen molar-refractivity contribution in [3.05, 3.63) is 35.9 Å². The van der Waals surface area contributed by atoms with Crippen LogP contribution in [0.3, 0.4) is 0 Å². The summed E-state index contributed by atoms with van der Waals surface area (Å²) in [7, 11) is 5.00. The van der Waals surface area contributed by atoms with E-state index in [1.165, 1.54) is 5.56 Å². The van der Waals surface area contributed by atoms with Crippen molar-refractivity contribution in [3.63, 3.8) is 0 Å². The Morgan fingerprint density at radius 2 is 1.50 bits per heavy atom. The highest BCUT2D eigenvalue weighted by molar-refractivity contribution is 6.36. The standard InChI is InChI=1S/C8H11N.C3H10O3Si/c1-9-7-8-5-3-2-4-6-8;1-4-7(5-2)6-3/h2-6,9H,7H2,1H3;7H,1-3H3. The van der Waals surface area contributed by atoms with E-state index in [2.05, 4.69) is 17.4 Å². The summed E-state index contributed by atoms with van der Waals surface area (Å²) in [5.74, 6) is 0. The fraction of sp³-hybridized carbons (Fsp3) is 0.455. The van der Waals surface area contributed by atoms with Gasteiger partial charge in [-0.1, -0.05) is 30.3 Å². The Labute approximate surface area is 99.5 Å². The zero-order valence-corrected chi connectivity index (χ0v) is 11.6. The molecule has 4 nitrogen and oxygen atoms in total. The van der Waals surface area contributed by atoms with Gasteiger partial charge in [0.2, 0.25) is 0 Å². The molecule has 1 N–H and O–H groups in total. The van der Waals surface area contributed by atoms with Crippen molar-refractivity contribution in [3.8, 4) is 0 Å². The van der Waals surface area contributed by atoms with Gasteiger partial charge in [0.1, 0.15) is 0 Å². The average molecular weight is 243 g/mol. The Morgan fingerprint density at radius 3 is 1.81 bits per heavy atom. The molecule has 0 spiro atoms.